The van der Waals surface area contributed by atoms with E-state index in [0.29, 0.717) is 6.42 Å². The average Bonchev–Trinajstić information content (AvgIpc) is 3.10. The second kappa shape index (κ2) is 8.46. The van der Waals surface area contributed by atoms with Crippen LogP contribution in [0.5, 0.6) is 0 Å². The molecule has 0 aromatic carbocycles. The number of hydrogen-bond donors (Lipinski definition) is 2. The van der Waals surface area contributed by atoms with E-state index < -0.39 is 0 Å². The minimum atomic E-state index is 0. The lowest BCUT2D eigenvalue weighted by Gasteiger charge is -2.40. The molecule has 2 aliphatic rings. The highest BCUT2D eigenvalue weighted by Crippen LogP contribution is 2.35. The van der Waals surface area contributed by atoms with Gasteiger partial charge in [0.15, 0.2) is 5.96 Å². The van der Waals surface area contributed by atoms with Crippen molar-refractivity contribution in [2.24, 2.45) is 10.4 Å². The molecule has 2 aliphatic heterocycles. The number of aryl methyl sites for hydroxylation is 1. The number of amides is 1. The first-order chi connectivity index (χ1) is 11.1. The first kappa shape index (κ1) is 19.4. The van der Waals surface area contributed by atoms with E-state index in [0.717, 1.165) is 62.1 Å². The normalized spacial score (nSPS) is 24.0. The van der Waals surface area contributed by atoms with E-state index in [9.17, 15) is 4.79 Å². The molecule has 1 aromatic rings. The molecule has 2 fully saturated rings. The van der Waals surface area contributed by atoms with Gasteiger partial charge >= 0.3 is 0 Å². The predicted molar refractivity (Wildman–Crippen MR) is 108 cm³/mol. The van der Waals surface area contributed by atoms with E-state index in [1.807, 2.05) is 14.0 Å². The maximum atomic E-state index is 11.6. The fourth-order valence-corrected chi connectivity index (χ4v) is 4.23. The Balaban J connectivity index is 0.00000208. The van der Waals surface area contributed by atoms with Crippen LogP contribution in [0.2, 0.25) is 0 Å². The Morgan fingerprint density at radius 3 is 3.04 bits per heavy atom. The van der Waals surface area contributed by atoms with Crippen molar-refractivity contribution in [1.29, 1.82) is 0 Å². The van der Waals surface area contributed by atoms with Crippen LogP contribution in [-0.4, -0.2) is 55.0 Å². The summed E-state index contributed by atoms with van der Waals surface area (Å²) in [5.74, 6) is 1.13. The van der Waals surface area contributed by atoms with Gasteiger partial charge in [-0.2, -0.15) is 0 Å². The van der Waals surface area contributed by atoms with Gasteiger partial charge in [-0.15, -0.1) is 35.3 Å². The number of carbonyl (C=O) groups excluding carboxylic acids is 1. The average molecular weight is 463 g/mol. The minimum Gasteiger partial charge on any atom is -0.356 e. The SMILES string of the molecule is CN=C(NCCc1csc(C)n1)N1CCCC2(CNC(=O)C2)C1.I. The van der Waals surface area contributed by atoms with Gasteiger partial charge in [0.1, 0.15) is 0 Å². The molecule has 3 rings (SSSR count). The summed E-state index contributed by atoms with van der Waals surface area (Å²) >= 11 is 1.69. The van der Waals surface area contributed by atoms with Gasteiger partial charge in [0.25, 0.3) is 0 Å². The van der Waals surface area contributed by atoms with Crippen molar-refractivity contribution in [2.45, 2.75) is 32.6 Å². The Kier molecular flexibility index (Phi) is 6.85. The van der Waals surface area contributed by atoms with Crippen molar-refractivity contribution in [3.63, 3.8) is 0 Å². The molecule has 0 saturated carbocycles. The number of likely N-dealkylation sites (tertiary alicyclic amines) is 1. The number of thiazole rings is 1. The van der Waals surface area contributed by atoms with E-state index >= 15 is 0 Å². The van der Waals surface area contributed by atoms with Crippen molar-refractivity contribution < 1.29 is 4.79 Å². The minimum absolute atomic E-state index is 0. The standard InChI is InChI=1S/C16H25N5OS.HI/c1-12-20-13(9-23-12)4-6-18-15(17-2)21-7-3-5-16(11-21)8-14(22)19-10-16;/h9H,3-8,10-11H2,1-2H3,(H,17,18)(H,19,22);1H. The first-order valence-electron chi connectivity index (χ1n) is 8.24. The summed E-state index contributed by atoms with van der Waals surface area (Å²) in [6.07, 6.45) is 3.79. The molecule has 24 heavy (non-hydrogen) atoms. The third kappa shape index (κ3) is 4.59. The zero-order valence-electron chi connectivity index (χ0n) is 14.3. The highest BCUT2D eigenvalue weighted by Gasteiger charge is 2.42. The second-order valence-electron chi connectivity index (χ2n) is 6.56. The maximum Gasteiger partial charge on any atom is 0.220 e. The Hall–Kier alpha value is -0.900. The Morgan fingerprint density at radius 2 is 2.42 bits per heavy atom. The van der Waals surface area contributed by atoms with Crippen LogP contribution in [0.1, 0.15) is 30.0 Å². The smallest absolute Gasteiger partial charge is 0.220 e. The van der Waals surface area contributed by atoms with Crippen LogP contribution < -0.4 is 10.6 Å². The molecule has 1 aromatic heterocycles. The summed E-state index contributed by atoms with van der Waals surface area (Å²) in [5.41, 5.74) is 1.23. The fourth-order valence-electron chi connectivity index (χ4n) is 3.59. The van der Waals surface area contributed by atoms with Crippen LogP contribution in [0.15, 0.2) is 10.4 Å². The van der Waals surface area contributed by atoms with E-state index in [1.165, 1.54) is 0 Å². The number of aliphatic imine (C=N–C) groups is 1. The van der Waals surface area contributed by atoms with Crippen LogP contribution in [0.3, 0.4) is 0 Å². The van der Waals surface area contributed by atoms with Gasteiger partial charge in [0, 0.05) is 56.9 Å². The van der Waals surface area contributed by atoms with E-state index in [2.05, 4.69) is 30.9 Å². The van der Waals surface area contributed by atoms with Gasteiger partial charge < -0.3 is 15.5 Å². The highest BCUT2D eigenvalue weighted by molar-refractivity contribution is 14.0. The van der Waals surface area contributed by atoms with Gasteiger partial charge in [-0.05, 0) is 19.8 Å². The third-order valence-corrected chi connectivity index (χ3v) is 5.52. The molecule has 1 atom stereocenters. The molecule has 134 valence electrons. The summed E-state index contributed by atoms with van der Waals surface area (Å²) in [7, 11) is 1.83. The van der Waals surface area contributed by atoms with Crippen molar-refractivity contribution in [3.8, 4) is 0 Å². The summed E-state index contributed by atoms with van der Waals surface area (Å²) in [6, 6.07) is 0. The van der Waals surface area contributed by atoms with Crippen molar-refractivity contribution >= 4 is 47.2 Å². The zero-order chi connectivity index (χ0) is 16.3. The maximum absolute atomic E-state index is 11.6. The highest BCUT2D eigenvalue weighted by atomic mass is 127. The topological polar surface area (TPSA) is 69.6 Å². The number of hydrogen-bond acceptors (Lipinski definition) is 4. The van der Waals surface area contributed by atoms with Gasteiger partial charge in [-0.25, -0.2) is 4.98 Å². The molecule has 3 heterocycles. The second-order valence-corrected chi connectivity index (χ2v) is 7.62. The molecule has 2 N–H and O–H groups in total. The largest absolute Gasteiger partial charge is 0.356 e. The van der Waals surface area contributed by atoms with Crippen LogP contribution in [-0.2, 0) is 11.2 Å². The number of rotatable bonds is 3. The summed E-state index contributed by atoms with van der Waals surface area (Å²) in [6.45, 7) is 5.57. The van der Waals surface area contributed by atoms with Crippen molar-refractivity contribution in [2.75, 3.05) is 33.2 Å². The molecule has 1 amide bonds. The molecule has 1 spiro atoms. The van der Waals surface area contributed by atoms with E-state index in [-0.39, 0.29) is 35.3 Å². The third-order valence-electron chi connectivity index (χ3n) is 4.70. The van der Waals surface area contributed by atoms with Gasteiger partial charge in [-0.1, -0.05) is 0 Å². The van der Waals surface area contributed by atoms with Crippen LogP contribution >= 0.6 is 35.3 Å². The number of aromatic nitrogens is 1. The molecule has 0 radical (unpaired) electrons. The van der Waals surface area contributed by atoms with Crippen molar-refractivity contribution in [3.05, 3.63) is 16.1 Å². The van der Waals surface area contributed by atoms with Gasteiger partial charge in [-0.3, -0.25) is 9.79 Å². The number of carbonyl (C=O) groups is 1. The lowest BCUT2D eigenvalue weighted by Crippen LogP contribution is -2.51. The lowest BCUT2D eigenvalue weighted by atomic mass is 9.79. The molecule has 1 unspecified atom stereocenters. The summed E-state index contributed by atoms with van der Waals surface area (Å²) < 4.78 is 0. The molecule has 2 saturated heterocycles. The number of nitrogens with zero attached hydrogens (tertiary/aromatic N) is 3. The summed E-state index contributed by atoms with van der Waals surface area (Å²) in [5, 5.41) is 9.67. The lowest BCUT2D eigenvalue weighted by molar-refractivity contribution is -0.119. The molecular weight excluding hydrogens is 437 g/mol. The van der Waals surface area contributed by atoms with E-state index in [4.69, 9.17) is 0 Å². The molecule has 8 heteroatoms. The Morgan fingerprint density at radius 1 is 1.58 bits per heavy atom. The monoisotopic (exact) mass is 463 g/mol. The van der Waals surface area contributed by atoms with Crippen molar-refractivity contribution in [1.82, 2.24) is 20.5 Å². The van der Waals surface area contributed by atoms with Crippen LogP contribution in [0, 0.1) is 12.3 Å². The fraction of sp³-hybridized carbons (Fsp3) is 0.688. The number of halogens is 1. The molecule has 0 bridgehead atoms. The van der Waals surface area contributed by atoms with Gasteiger partial charge in [0.05, 0.1) is 10.7 Å². The van der Waals surface area contributed by atoms with Gasteiger partial charge in [0.2, 0.25) is 5.91 Å². The Bertz CT molecular complexity index is 605. The number of piperidine rings is 1. The first-order valence-corrected chi connectivity index (χ1v) is 9.11. The Labute approximate surface area is 164 Å². The molecular formula is C16H26IN5OS. The van der Waals surface area contributed by atoms with Crippen LogP contribution in [0.4, 0.5) is 0 Å². The zero-order valence-corrected chi connectivity index (χ0v) is 17.4. The quantitative estimate of drug-likeness (QED) is 0.408. The van der Waals surface area contributed by atoms with E-state index in [1.54, 1.807) is 11.3 Å². The predicted octanol–water partition coefficient (Wildman–Crippen LogP) is 1.79. The molecule has 6 nitrogen and oxygen atoms in total. The number of guanidine groups is 1. The van der Waals surface area contributed by atoms with Crippen LogP contribution in [0.25, 0.3) is 0 Å². The molecule has 0 aliphatic carbocycles. The summed E-state index contributed by atoms with van der Waals surface area (Å²) in [4.78, 5) is 22.8. The number of nitrogens with one attached hydrogen (secondary N) is 2.